The lowest BCUT2D eigenvalue weighted by atomic mass is 9.77. The van der Waals surface area contributed by atoms with Crippen molar-refractivity contribution in [2.24, 2.45) is 5.92 Å². The fourth-order valence-electron chi connectivity index (χ4n) is 5.66. The van der Waals surface area contributed by atoms with E-state index in [4.69, 9.17) is 9.72 Å². The van der Waals surface area contributed by atoms with Crippen molar-refractivity contribution in [3.05, 3.63) is 88.7 Å². The smallest absolute Gasteiger partial charge is 0.335 e. The standard InChI is InChI=1S/C31H32F2N2O3/c1-5-31(33)10-8-21(9-11-31)12-24-16-35(27-7-6-22(30(36)37)14-26(27)32)29-25(24)13-23(15-34-29)28-19(3)18(2)17-38-20(28)4/h5-7,13-16,21H,1,8-12,17H2,2-4H3,(H,36,37). The molecule has 198 valence electrons. The molecule has 5 rings (SSSR count). The van der Waals surface area contributed by atoms with Crippen LogP contribution in [0.2, 0.25) is 0 Å². The lowest BCUT2D eigenvalue weighted by molar-refractivity contribution is 0.0696. The minimum absolute atomic E-state index is 0.116. The van der Waals surface area contributed by atoms with Gasteiger partial charge in [0.25, 0.3) is 0 Å². The van der Waals surface area contributed by atoms with Crippen molar-refractivity contribution in [2.45, 2.75) is 58.5 Å². The minimum Gasteiger partial charge on any atom is -0.493 e. The van der Waals surface area contributed by atoms with E-state index >= 15 is 4.39 Å². The van der Waals surface area contributed by atoms with Gasteiger partial charge in [0.05, 0.1) is 11.3 Å². The second-order valence-electron chi connectivity index (χ2n) is 10.6. The molecule has 2 aromatic heterocycles. The number of carbonyl (C=O) groups is 1. The molecule has 1 fully saturated rings. The van der Waals surface area contributed by atoms with Gasteiger partial charge in [0.15, 0.2) is 0 Å². The lowest BCUT2D eigenvalue weighted by Gasteiger charge is -2.31. The van der Waals surface area contributed by atoms with Crippen molar-refractivity contribution >= 4 is 22.6 Å². The Bertz CT molecular complexity index is 1510. The van der Waals surface area contributed by atoms with Crippen molar-refractivity contribution in [1.29, 1.82) is 0 Å². The van der Waals surface area contributed by atoms with Crippen LogP contribution in [0.4, 0.5) is 8.78 Å². The van der Waals surface area contributed by atoms with Crippen LogP contribution in [0.1, 0.15) is 67.9 Å². The Morgan fingerprint density at radius 2 is 2.00 bits per heavy atom. The molecule has 3 heterocycles. The van der Waals surface area contributed by atoms with Gasteiger partial charge in [-0.25, -0.2) is 18.6 Å². The minimum atomic E-state index is -1.30. The number of hydrogen-bond acceptors (Lipinski definition) is 3. The molecular formula is C31H32F2N2O3. The molecule has 2 aliphatic rings. The summed E-state index contributed by atoms with van der Waals surface area (Å²) in [5.74, 6) is -0.710. The van der Waals surface area contributed by atoms with Gasteiger partial charge in [-0.05, 0) is 99.8 Å². The summed E-state index contributed by atoms with van der Waals surface area (Å²) in [5, 5.41) is 10.2. The number of aromatic nitrogens is 2. The second-order valence-corrected chi connectivity index (χ2v) is 10.6. The van der Waals surface area contributed by atoms with Gasteiger partial charge in [0.1, 0.15) is 29.5 Å². The molecule has 0 saturated heterocycles. The molecular weight excluding hydrogens is 486 g/mol. The molecule has 1 aliphatic heterocycles. The summed E-state index contributed by atoms with van der Waals surface area (Å²) in [5.41, 5.74) is 4.63. The van der Waals surface area contributed by atoms with Crippen LogP contribution >= 0.6 is 0 Å². The van der Waals surface area contributed by atoms with Crippen LogP contribution in [0, 0.1) is 11.7 Å². The van der Waals surface area contributed by atoms with Crippen LogP contribution in [0.25, 0.3) is 22.3 Å². The van der Waals surface area contributed by atoms with Gasteiger partial charge < -0.3 is 9.84 Å². The Labute approximate surface area is 221 Å². The van der Waals surface area contributed by atoms with Gasteiger partial charge in [0.2, 0.25) is 0 Å². The van der Waals surface area contributed by atoms with Crippen LogP contribution in [0.3, 0.4) is 0 Å². The van der Waals surface area contributed by atoms with Crippen molar-refractivity contribution in [3.8, 4) is 5.69 Å². The zero-order valence-corrected chi connectivity index (χ0v) is 22.0. The molecule has 1 saturated carbocycles. The first kappa shape index (κ1) is 25.9. The van der Waals surface area contributed by atoms with Crippen molar-refractivity contribution in [1.82, 2.24) is 9.55 Å². The zero-order valence-electron chi connectivity index (χ0n) is 22.0. The highest BCUT2D eigenvalue weighted by Crippen LogP contribution is 2.40. The van der Waals surface area contributed by atoms with Gasteiger partial charge in [-0.2, -0.15) is 0 Å². The quantitative estimate of drug-likeness (QED) is 0.342. The number of rotatable bonds is 6. The second kappa shape index (κ2) is 9.86. The average Bonchev–Trinajstić information content (AvgIpc) is 3.25. The number of allylic oxidation sites excluding steroid dienone is 4. The first-order chi connectivity index (χ1) is 18.1. The number of nitrogens with zero attached hydrogens (tertiary/aromatic N) is 2. The molecule has 1 aromatic carbocycles. The van der Waals surface area contributed by atoms with Gasteiger partial charge in [-0.15, -0.1) is 0 Å². The van der Waals surface area contributed by atoms with Crippen LogP contribution < -0.4 is 0 Å². The summed E-state index contributed by atoms with van der Waals surface area (Å²) in [6, 6.07) is 5.97. The Balaban J connectivity index is 1.61. The van der Waals surface area contributed by atoms with Crippen molar-refractivity contribution in [2.75, 3.05) is 6.61 Å². The van der Waals surface area contributed by atoms with E-state index in [2.05, 4.69) is 26.5 Å². The largest absolute Gasteiger partial charge is 0.493 e. The molecule has 0 spiro atoms. The molecule has 0 radical (unpaired) electrons. The third-order valence-corrected chi connectivity index (χ3v) is 8.15. The summed E-state index contributed by atoms with van der Waals surface area (Å²) in [4.78, 5) is 16.1. The number of hydrogen-bond donors (Lipinski definition) is 1. The van der Waals surface area contributed by atoms with E-state index in [-0.39, 0.29) is 17.2 Å². The van der Waals surface area contributed by atoms with E-state index in [1.165, 1.54) is 18.2 Å². The summed E-state index contributed by atoms with van der Waals surface area (Å²) in [6.07, 6.45) is 8.17. The Kier molecular flexibility index (Phi) is 6.72. The van der Waals surface area contributed by atoms with Crippen LogP contribution in [-0.2, 0) is 11.2 Å². The Morgan fingerprint density at radius 3 is 2.66 bits per heavy atom. The number of alkyl halides is 1. The monoisotopic (exact) mass is 518 g/mol. The predicted molar refractivity (Wildman–Crippen MR) is 145 cm³/mol. The molecule has 1 N–H and O–H groups in total. The predicted octanol–water partition coefficient (Wildman–Crippen LogP) is 7.59. The number of benzene rings is 1. The first-order valence-electron chi connectivity index (χ1n) is 13.0. The maximum atomic E-state index is 15.1. The van der Waals surface area contributed by atoms with Crippen LogP contribution in [0.15, 0.2) is 66.2 Å². The summed E-state index contributed by atoms with van der Waals surface area (Å²) in [7, 11) is 0. The number of ether oxygens (including phenoxy) is 1. The van der Waals surface area contributed by atoms with E-state index in [0.717, 1.165) is 57.9 Å². The number of aromatic carboxylic acids is 1. The number of pyridine rings is 1. The highest BCUT2D eigenvalue weighted by atomic mass is 19.1. The number of fused-ring (bicyclic) bond motifs is 1. The van der Waals surface area contributed by atoms with Gasteiger partial charge in [0, 0.05) is 28.9 Å². The molecule has 5 nitrogen and oxygen atoms in total. The third kappa shape index (κ3) is 4.66. The summed E-state index contributed by atoms with van der Waals surface area (Å²) < 4.78 is 37.5. The van der Waals surface area contributed by atoms with Gasteiger partial charge in [-0.1, -0.05) is 12.7 Å². The first-order valence-corrected chi connectivity index (χ1v) is 13.0. The molecule has 0 bridgehead atoms. The molecule has 0 amide bonds. The summed E-state index contributed by atoms with van der Waals surface area (Å²) in [6.45, 7) is 10.3. The Hall–Kier alpha value is -3.74. The third-order valence-electron chi connectivity index (χ3n) is 8.15. The van der Waals surface area contributed by atoms with Gasteiger partial charge >= 0.3 is 5.97 Å². The Morgan fingerprint density at radius 1 is 1.26 bits per heavy atom. The normalized spacial score (nSPS) is 22.1. The molecule has 1 aliphatic carbocycles. The number of halogens is 2. The molecule has 3 aromatic rings. The molecule has 7 heteroatoms. The van der Waals surface area contributed by atoms with E-state index in [0.29, 0.717) is 31.5 Å². The molecule has 0 atom stereocenters. The maximum absolute atomic E-state index is 15.1. The average molecular weight is 519 g/mol. The fraction of sp³-hybridized carbons (Fsp3) is 0.355. The molecule has 0 unspecified atom stereocenters. The lowest BCUT2D eigenvalue weighted by Crippen LogP contribution is -2.27. The highest BCUT2D eigenvalue weighted by Gasteiger charge is 2.33. The van der Waals surface area contributed by atoms with E-state index < -0.39 is 17.5 Å². The van der Waals surface area contributed by atoms with E-state index in [1.54, 1.807) is 10.8 Å². The SMILES string of the molecule is C=CC1(F)CCC(Cc2cn(-c3ccc(C(=O)O)cc3F)c3ncc(C4=C(C)OCC(C)=C4C)cc23)CC1. The van der Waals surface area contributed by atoms with Crippen LogP contribution in [0.5, 0.6) is 0 Å². The topological polar surface area (TPSA) is 64.4 Å². The summed E-state index contributed by atoms with van der Waals surface area (Å²) >= 11 is 0. The van der Waals surface area contributed by atoms with Crippen LogP contribution in [-0.4, -0.2) is 32.9 Å². The highest BCUT2D eigenvalue weighted by molar-refractivity contribution is 5.90. The van der Waals surface area contributed by atoms with Gasteiger partial charge in [-0.3, -0.25) is 4.57 Å². The number of carboxylic acids is 1. The zero-order chi connectivity index (χ0) is 27.2. The molecule has 38 heavy (non-hydrogen) atoms. The van der Waals surface area contributed by atoms with Crippen molar-refractivity contribution in [3.63, 3.8) is 0 Å². The number of carboxylic acid groups (broad SMARTS) is 1. The van der Waals surface area contributed by atoms with E-state index in [9.17, 15) is 14.3 Å². The van der Waals surface area contributed by atoms with E-state index in [1.807, 2.05) is 13.1 Å². The maximum Gasteiger partial charge on any atom is 0.335 e. The fourth-order valence-corrected chi connectivity index (χ4v) is 5.66. The van der Waals surface area contributed by atoms with Crippen molar-refractivity contribution < 1.29 is 23.4 Å².